The zero-order valence-corrected chi connectivity index (χ0v) is 10.9. The van der Waals surface area contributed by atoms with E-state index in [4.69, 9.17) is 0 Å². The van der Waals surface area contributed by atoms with Crippen molar-refractivity contribution in [1.82, 2.24) is 0 Å². The van der Waals surface area contributed by atoms with Gasteiger partial charge in [-0.15, -0.1) is 0 Å². The summed E-state index contributed by atoms with van der Waals surface area (Å²) in [5.74, 6) is 1.10. The first-order chi connectivity index (χ1) is 7.04. The Morgan fingerprint density at radius 2 is 1.80 bits per heavy atom. The minimum Gasteiger partial charge on any atom is -0.469 e. The van der Waals surface area contributed by atoms with Crippen LogP contribution < -0.4 is 0 Å². The standard InChI is InChI=1S/C11H22O3S/c1-5-10(6-2)8-15(13)7-9(3)11(12)14-4/h9-10H,5-8H2,1-4H3. The van der Waals surface area contributed by atoms with Gasteiger partial charge in [-0.25, -0.2) is 0 Å². The number of rotatable bonds is 7. The maximum Gasteiger partial charge on any atom is 0.309 e. The van der Waals surface area contributed by atoms with E-state index in [0.29, 0.717) is 17.4 Å². The molecule has 0 bridgehead atoms. The first-order valence-corrected chi connectivity index (χ1v) is 6.96. The third-order valence-corrected chi connectivity index (χ3v) is 4.33. The van der Waals surface area contributed by atoms with Crippen molar-refractivity contribution in [3.8, 4) is 0 Å². The van der Waals surface area contributed by atoms with E-state index in [0.717, 1.165) is 12.8 Å². The predicted molar refractivity (Wildman–Crippen MR) is 63.1 cm³/mol. The zero-order chi connectivity index (χ0) is 11.8. The lowest BCUT2D eigenvalue weighted by atomic mass is 10.1. The molecule has 0 spiro atoms. The number of ether oxygens (including phenoxy) is 1. The van der Waals surface area contributed by atoms with E-state index in [-0.39, 0.29) is 11.9 Å². The number of hydrogen-bond donors (Lipinski definition) is 0. The Bertz CT molecular complexity index is 212. The lowest BCUT2D eigenvalue weighted by molar-refractivity contribution is -0.144. The molecule has 0 rings (SSSR count). The molecule has 0 aromatic carbocycles. The molecule has 90 valence electrons. The third-order valence-electron chi connectivity index (χ3n) is 2.62. The van der Waals surface area contributed by atoms with Crippen LogP contribution in [-0.4, -0.2) is 28.8 Å². The quantitative estimate of drug-likeness (QED) is 0.633. The molecule has 0 radical (unpaired) electrons. The van der Waals surface area contributed by atoms with Gasteiger partial charge >= 0.3 is 5.97 Å². The second-order valence-corrected chi connectivity index (χ2v) is 5.43. The molecule has 4 heteroatoms. The summed E-state index contributed by atoms with van der Waals surface area (Å²) in [6.07, 6.45) is 2.10. The van der Waals surface area contributed by atoms with Crippen molar-refractivity contribution in [2.75, 3.05) is 18.6 Å². The summed E-state index contributed by atoms with van der Waals surface area (Å²) in [4.78, 5) is 11.1. The van der Waals surface area contributed by atoms with Crippen molar-refractivity contribution >= 4 is 16.8 Å². The Morgan fingerprint density at radius 1 is 1.27 bits per heavy atom. The molecule has 0 saturated carbocycles. The summed E-state index contributed by atoms with van der Waals surface area (Å²) in [5, 5.41) is 0. The molecule has 2 unspecified atom stereocenters. The highest BCUT2D eigenvalue weighted by atomic mass is 32.2. The van der Waals surface area contributed by atoms with Crippen LogP contribution >= 0.6 is 0 Å². The minimum absolute atomic E-state index is 0.259. The number of carbonyl (C=O) groups excluding carboxylic acids is 1. The van der Waals surface area contributed by atoms with E-state index < -0.39 is 10.8 Å². The molecule has 3 nitrogen and oxygen atoms in total. The van der Waals surface area contributed by atoms with Crippen molar-refractivity contribution < 1.29 is 13.7 Å². The van der Waals surface area contributed by atoms with Gasteiger partial charge in [0.2, 0.25) is 0 Å². The topological polar surface area (TPSA) is 43.4 Å². The molecule has 0 aromatic rings. The Hall–Kier alpha value is -0.380. The second kappa shape index (κ2) is 7.85. The molecule has 2 atom stereocenters. The Labute approximate surface area is 95.0 Å². The fourth-order valence-electron chi connectivity index (χ4n) is 1.40. The van der Waals surface area contributed by atoms with Gasteiger partial charge < -0.3 is 4.74 Å². The molecule has 0 fully saturated rings. The average Bonchev–Trinajstić information content (AvgIpc) is 2.24. The van der Waals surface area contributed by atoms with Crippen LogP contribution in [0.3, 0.4) is 0 Å². The summed E-state index contributed by atoms with van der Waals surface area (Å²) in [6, 6.07) is 0. The predicted octanol–water partition coefficient (Wildman–Crippen LogP) is 1.98. The molecular formula is C11H22O3S. The Morgan fingerprint density at radius 3 is 2.20 bits per heavy atom. The summed E-state index contributed by atoms with van der Waals surface area (Å²) < 4.78 is 16.3. The van der Waals surface area contributed by atoms with Crippen LogP contribution in [0.25, 0.3) is 0 Å². The molecule has 0 aliphatic heterocycles. The van der Waals surface area contributed by atoms with Gasteiger partial charge in [0, 0.05) is 22.3 Å². The summed E-state index contributed by atoms with van der Waals surface area (Å²) in [7, 11) is 0.461. The van der Waals surface area contributed by atoms with Crippen molar-refractivity contribution in [2.24, 2.45) is 11.8 Å². The highest BCUT2D eigenvalue weighted by molar-refractivity contribution is 7.85. The Balaban J connectivity index is 3.97. The monoisotopic (exact) mass is 234 g/mol. The van der Waals surface area contributed by atoms with Gasteiger partial charge in [0.25, 0.3) is 0 Å². The molecule has 0 aliphatic rings. The first kappa shape index (κ1) is 14.6. The summed E-state index contributed by atoms with van der Waals surface area (Å²) in [5.41, 5.74) is 0. The van der Waals surface area contributed by atoms with E-state index in [1.165, 1.54) is 7.11 Å². The molecule has 0 heterocycles. The Kier molecular flexibility index (Phi) is 7.65. The van der Waals surface area contributed by atoms with Crippen LogP contribution in [-0.2, 0) is 20.3 Å². The largest absolute Gasteiger partial charge is 0.469 e. The van der Waals surface area contributed by atoms with Gasteiger partial charge in [-0.05, 0) is 5.92 Å². The van der Waals surface area contributed by atoms with Gasteiger partial charge in [0.05, 0.1) is 13.0 Å². The highest BCUT2D eigenvalue weighted by Gasteiger charge is 2.18. The second-order valence-electron chi connectivity index (χ2n) is 3.88. The lowest BCUT2D eigenvalue weighted by Crippen LogP contribution is -2.22. The lowest BCUT2D eigenvalue weighted by Gasteiger charge is -2.13. The van der Waals surface area contributed by atoms with Crippen molar-refractivity contribution in [1.29, 1.82) is 0 Å². The molecule has 0 N–H and O–H groups in total. The minimum atomic E-state index is -0.903. The van der Waals surface area contributed by atoms with Gasteiger partial charge in [0.1, 0.15) is 0 Å². The van der Waals surface area contributed by atoms with Crippen molar-refractivity contribution in [3.05, 3.63) is 0 Å². The van der Waals surface area contributed by atoms with Crippen LogP contribution in [0.5, 0.6) is 0 Å². The maximum atomic E-state index is 11.7. The van der Waals surface area contributed by atoms with Crippen LogP contribution in [0.15, 0.2) is 0 Å². The molecule has 0 aromatic heterocycles. The zero-order valence-electron chi connectivity index (χ0n) is 10.1. The van der Waals surface area contributed by atoms with Gasteiger partial charge in [0.15, 0.2) is 0 Å². The van der Waals surface area contributed by atoms with E-state index >= 15 is 0 Å². The average molecular weight is 234 g/mol. The third kappa shape index (κ3) is 5.92. The number of esters is 1. The molecule has 0 amide bonds. The van der Waals surface area contributed by atoms with Crippen LogP contribution in [0.2, 0.25) is 0 Å². The smallest absolute Gasteiger partial charge is 0.309 e. The van der Waals surface area contributed by atoms with Crippen LogP contribution in [0.1, 0.15) is 33.6 Å². The molecule has 0 saturated heterocycles. The van der Waals surface area contributed by atoms with E-state index in [2.05, 4.69) is 18.6 Å². The normalized spacial score (nSPS) is 15.0. The molecular weight excluding hydrogens is 212 g/mol. The number of carbonyl (C=O) groups is 1. The van der Waals surface area contributed by atoms with Crippen molar-refractivity contribution in [2.45, 2.75) is 33.6 Å². The van der Waals surface area contributed by atoms with E-state index in [1.807, 2.05) is 0 Å². The van der Waals surface area contributed by atoms with E-state index in [1.54, 1.807) is 6.92 Å². The van der Waals surface area contributed by atoms with Gasteiger partial charge in [-0.1, -0.05) is 33.6 Å². The number of hydrogen-bond acceptors (Lipinski definition) is 3. The molecule has 0 aliphatic carbocycles. The fraction of sp³-hybridized carbons (Fsp3) is 0.909. The SMILES string of the molecule is CCC(CC)CS(=O)CC(C)C(=O)OC. The van der Waals surface area contributed by atoms with Crippen LogP contribution in [0.4, 0.5) is 0 Å². The maximum absolute atomic E-state index is 11.7. The van der Waals surface area contributed by atoms with Crippen molar-refractivity contribution in [3.63, 3.8) is 0 Å². The van der Waals surface area contributed by atoms with Crippen LogP contribution in [0, 0.1) is 11.8 Å². The highest BCUT2D eigenvalue weighted by Crippen LogP contribution is 2.11. The van der Waals surface area contributed by atoms with Gasteiger partial charge in [-0.2, -0.15) is 0 Å². The summed E-state index contributed by atoms with van der Waals surface area (Å²) in [6.45, 7) is 5.97. The number of methoxy groups -OCH3 is 1. The van der Waals surface area contributed by atoms with Gasteiger partial charge in [-0.3, -0.25) is 9.00 Å². The molecule has 15 heavy (non-hydrogen) atoms. The summed E-state index contributed by atoms with van der Waals surface area (Å²) >= 11 is 0. The van der Waals surface area contributed by atoms with E-state index in [9.17, 15) is 9.00 Å². The first-order valence-electron chi connectivity index (χ1n) is 5.47. The fourth-order valence-corrected chi connectivity index (χ4v) is 3.23.